The lowest BCUT2D eigenvalue weighted by atomic mass is 9.84. The molecule has 0 radical (unpaired) electrons. The minimum absolute atomic E-state index is 0.994. The summed E-state index contributed by atoms with van der Waals surface area (Å²) in [6.07, 6.45) is 6.56. The van der Waals surface area contributed by atoms with Crippen molar-refractivity contribution in [2.45, 2.75) is 54.4 Å². The molecule has 0 N–H and O–H groups in total. The van der Waals surface area contributed by atoms with Gasteiger partial charge in [0, 0.05) is 0 Å². The van der Waals surface area contributed by atoms with Crippen molar-refractivity contribution in [1.29, 1.82) is 0 Å². The molecule has 0 aliphatic heterocycles. The highest BCUT2D eigenvalue weighted by molar-refractivity contribution is 5.91. The average molecular weight is 675 g/mol. The van der Waals surface area contributed by atoms with Crippen molar-refractivity contribution in [1.82, 2.24) is 0 Å². The standard InChI is InChI=1S/C48H38.2C2H6/c1-32-18-20-37-23-22-35(34(3)47(37)28-32)21-19-33(2)39-11-8-13-42(29-39)45-16-6-7-17-46(45)43-14-9-12-40(30-43)41-27-26-38-25-24-36-10-4-5-15-44(36)48(38)31-41;2*1-2/h4-23,26-31H,2,24-25H2,1,3H3;2*1-2H3/b21-19-;;. The molecule has 0 saturated carbocycles. The first kappa shape index (κ1) is 36.1. The van der Waals surface area contributed by atoms with E-state index in [4.69, 9.17) is 0 Å². The van der Waals surface area contributed by atoms with Crippen LogP contribution in [-0.2, 0) is 12.8 Å². The van der Waals surface area contributed by atoms with Crippen molar-refractivity contribution in [3.63, 3.8) is 0 Å². The fourth-order valence-corrected chi connectivity index (χ4v) is 7.30. The zero-order valence-electron chi connectivity index (χ0n) is 31.6. The quantitative estimate of drug-likeness (QED) is 0.154. The number of rotatable bonds is 6. The Hall–Kier alpha value is -5.72. The third-order valence-electron chi connectivity index (χ3n) is 10.0. The monoisotopic (exact) mass is 674 g/mol. The average Bonchev–Trinajstić information content (AvgIpc) is 3.22. The summed E-state index contributed by atoms with van der Waals surface area (Å²) in [6.45, 7) is 16.8. The van der Waals surface area contributed by atoms with Crippen LogP contribution in [0.3, 0.4) is 0 Å². The van der Waals surface area contributed by atoms with Crippen LogP contribution in [0.5, 0.6) is 0 Å². The van der Waals surface area contributed by atoms with E-state index in [9.17, 15) is 0 Å². The molecule has 8 rings (SSSR count). The Morgan fingerprint density at radius 2 is 1.10 bits per heavy atom. The molecule has 0 bridgehead atoms. The highest BCUT2D eigenvalue weighted by Gasteiger charge is 2.17. The van der Waals surface area contributed by atoms with Crippen LogP contribution in [0.4, 0.5) is 0 Å². The zero-order chi connectivity index (χ0) is 36.6. The second kappa shape index (κ2) is 16.5. The van der Waals surface area contributed by atoms with Crippen LogP contribution in [0.2, 0.25) is 0 Å². The van der Waals surface area contributed by atoms with Gasteiger partial charge >= 0.3 is 0 Å². The highest BCUT2D eigenvalue weighted by atomic mass is 14.2. The number of allylic oxidation sites excluding steroid dienone is 2. The van der Waals surface area contributed by atoms with Crippen molar-refractivity contribution < 1.29 is 0 Å². The summed E-state index contributed by atoms with van der Waals surface area (Å²) in [6, 6.07) is 53.5. The SMILES string of the molecule is C=C(/C=C\c1ccc2ccc(C)cc2c1C)c1cccc(-c2ccccc2-c2cccc(-c3ccc4c(c3)-c3ccccc3CC4)c2)c1.CC.CC. The van der Waals surface area contributed by atoms with E-state index in [1.807, 2.05) is 27.7 Å². The predicted octanol–water partition coefficient (Wildman–Crippen LogP) is 15.0. The molecule has 258 valence electrons. The molecule has 0 heterocycles. The first-order valence-electron chi connectivity index (χ1n) is 18.9. The summed E-state index contributed by atoms with van der Waals surface area (Å²) in [5, 5.41) is 2.59. The van der Waals surface area contributed by atoms with Gasteiger partial charge in [-0.1, -0.05) is 179 Å². The molecule has 1 aliphatic rings. The highest BCUT2D eigenvalue weighted by Crippen LogP contribution is 2.39. The molecule has 0 fully saturated rings. The lowest BCUT2D eigenvalue weighted by Crippen LogP contribution is -2.03. The molecule has 0 unspecified atom stereocenters. The molecule has 0 atom stereocenters. The third-order valence-corrected chi connectivity index (χ3v) is 10.0. The Kier molecular flexibility index (Phi) is 11.5. The second-order valence-corrected chi connectivity index (χ2v) is 13.1. The Morgan fingerprint density at radius 3 is 1.85 bits per heavy atom. The Balaban J connectivity index is 0.00000112. The van der Waals surface area contributed by atoms with E-state index in [-0.39, 0.29) is 0 Å². The smallest absolute Gasteiger partial charge is 0.0105 e. The summed E-state index contributed by atoms with van der Waals surface area (Å²) in [4.78, 5) is 0. The van der Waals surface area contributed by atoms with Gasteiger partial charge in [0.2, 0.25) is 0 Å². The van der Waals surface area contributed by atoms with Crippen LogP contribution in [0.25, 0.3) is 66.9 Å². The first-order valence-corrected chi connectivity index (χ1v) is 18.9. The number of aryl methyl sites for hydroxylation is 4. The van der Waals surface area contributed by atoms with E-state index in [2.05, 4.69) is 178 Å². The van der Waals surface area contributed by atoms with Gasteiger partial charge in [0.25, 0.3) is 0 Å². The van der Waals surface area contributed by atoms with E-state index in [1.165, 1.54) is 83.1 Å². The van der Waals surface area contributed by atoms with Gasteiger partial charge < -0.3 is 0 Å². The minimum Gasteiger partial charge on any atom is -0.0912 e. The van der Waals surface area contributed by atoms with Crippen LogP contribution in [0, 0.1) is 13.8 Å². The van der Waals surface area contributed by atoms with E-state index in [0.29, 0.717) is 0 Å². The van der Waals surface area contributed by atoms with Gasteiger partial charge in [0.1, 0.15) is 0 Å². The molecule has 0 nitrogen and oxygen atoms in total. The van der Waals surface area contributed by atoms with Crippen molar-refractivity contribution in [2.75, 3.05) is 0 Å². The van der Waals surface area contributed by atoms with E-state index in [1.54, 1.807) is 0 Å². The number of benzene rings is 7. The summed E-state index contributed by atoms with van der Waals surface area (Å²) in [5.74, 6) is 0. The van der Waals surface area contributed by atoms with Gasteiger partial charge in [-0.25, -0.2) is 0 Å². The normalized spacial score (nSPS) is 11.5. The van der Waals surface area contributed by atoms with Gasteiger partial charge in [-0.05, 0) is 134 Å². The van der Waals surface area contributed by atoms with E-state index >= 15 is 0 Å². The van der Waals surface area contributed by atoms with Crippen LogP contribution in [-0.4, -0.2) is 0 Å². The van der Waals surface area contributed by atoms with Gasteiger partial charge in [0.05, 0.1) is 0 Å². The maximum Gasteiger partial charge on any atom is -0.0105 e. The molecule has 0 spiro atoms. The molecule has 1 aliphatic carbocycles. The summed E-state index contributed by atoms with van der Waals surface area (Å²) >= 11 is 0. The number of hydrogen-bond donors (Lipinski definition) is 0. The molecule has 52 heavy (non-hydrogen) atoms. The van der Waals surface area contributed by atoms with E-state index < -0.39 is 0 Å². The molecular weight excluding hydrogens is 625 g/mol. The molecular formula is C52H50. The Morgan fingerprint density at radius 1 is 0.500 bits per heavy atom. The van der Waals surface area contributed by atoms with Crippen LogP contribution in [0.15, 0.2) is 158 Å². The first-order chi connectivity index (χ1) is 25.5. The molecule has 0 saturated heterocycles. The topological polar surface area (TPSA) is 0 Å². The maximum atomic E-state index is 4.46. The van der Waals surface area contributed by atoms with E-state index in [0.717, 1.165) is 24.0 Å². The van der Waals surface area contributed by atoms with Gasteiger partial charge in [-0.2, -0.15) is 0 Å². The zero-order valence-corrected chi connectivity index (χ0v) is 31.6. The van der Waals surface area contributed by atoms with Crippen molar-refractivity contribution in [3.8, 4) is 44.5 Å². The second-order valence-electron chi connectivity index (χ2n) is 13.1. The molecule has 7 aromatic carbocycles. The summed E-state index contributed by atoms with van der Waals surface area (Å²) in [7, 11) is 0. The van der Waals surface area contributed by atoms with Crippen molar-refractivity contribution in [2.24, 2.45) is 0 Å². The van der Waals surface area contributed by atoms with Crippen molar-refractivity contribution >= 4 is 22.4 Å². The molecule has 0 heteroatoms. The fourth-order valence-electron chi connectivity index (χ4n) is 7.30. The molecule has 7 aromatic rings. The van der Waals surface area contributed by atoms with Crippen molar-refractivity contribution in [3.05, 3.63) is 192 Å². The summed E-state index contributed by atoms with van der Waals surface area (Å²) in [5.41, 5.74) is 18.9. The molecule has 0 aromatic heterocycles. The summed E-state index contributed by atoms with van der Waals surface area (Å²) < 4.78 is 0. The lowest BCUT2D eigenvalue weighted by Gasteiger charge is -2.21. The van der Waals surface area contributed by atoms with Crippen LogP contribution >= 0.6 is 0 Å². The Labute approximate surface area is 311 Å². The number of hydrogen-bond acceptors (Lipinski definition) is 0. The predicted molar refractivity (Wildman–Crippen MR) is 230 cm³/mol. The fraction of sp³-hybridized carbons (Fsp3) is 0.154. The Bertz CT molecular complexity index is 2380. The molecule has 0 amide bonds. The van der Waals surface area contributed by atoms with Gasteiger partial charge in [-0.3, -0.25) is 0 Å². The van der Waals surface area contributed by atoms with Crippen LogP contribution < -0.4 is 0 Å². The lowest BCUT2D eigenvalue weighted by molar-refractivity contribution is 0.942. The minimum atomic E-state index is 0.994. The maximum absolute atomic E-state index is 4.46. The van der Waals surface area contributed by atoms with Gasteiger partial charge in [-0.15, -0.1) is 0 Å². The third kappa shape index (κ3) is 7.48. The largest absolute Gasteiger partial charge is 0.0912 e. The van der Waals surface area contributed by atoms with Gasteiger partial charge in [0.15, 0.2) is 0 Å². The van der Waals surface area contributed by atoms with Crippen LogP contribution in [0.1, 0.15) is 61.1 Å². The number of fused-ring (bicyclic) bond motifs is 4.